The zero-order valence-corrected chi connectivity index (χ0v) is 9.48. The summed E-state index contributed by atoms with van der Waals surface area (Å²) in [4.78, 5) is 4.12. The van der Waals surface area contributed by atoms with E-state index in [1.165, 1.54) is 6.07 Å². The molecule has 1 aromatic carbocycles. The van der Waals surface area contributed by atoms with Crippen LogP contribution in [0.15, 0.2) is 17.1 Å². The van der Waals surface area contributed by atoms with E-state index >= 15 is 0 Å². The average molecular weight is 230 g/mol. The highest BCUT2D eigenvalue weighted by Crippen LogP contribution is 2.31. The van der Waals surface area contributed by atoms with Gasteiger partial charge in [0.2, 0.25) is 0 Å². The van der Waals surface area contributed by atoms with Crippen molar-refractivity contribution in [1.82, 2.24) is 0 Å². The third kappa shape index (κ3) is 2.93. The molecule has 2 nitrogen and oxygen atoms in total. The highest BCUT2D eigenvalue weighted by molar-refractivity contribution is 6.32. The molecule has 1 N–H and O–H groups in total. The first-order valence-corrected chi connectivity index (χ1v) is 5.20. The van der Waals surface area contributed by atoms with E-state index in [-0.39, 0.29) is 16.5 Å². The Kier molecular flexibility index (Phi) is 4.09. The molecule has 0 amide bonds. The molecule has 0 aliphatic carbocycles. The highest BCUT2D eigenvalue weighted by Gasteiger charge is 2.07. The number of hydrogen-bond acceptors (Lipinski definition) is 2. The predicted molar refractivity (Wildman–Crippen MR) is 60.8 cm³/mol. The van der Waals surface area contributed by atoms with Crippen LogP contribution in [0, 0.1) is 5.82 Å². The van der Waals surface area contributed by atoms with Crippen LogP contribution in [-0.4, -0.2) is 10.8 Å². The number of hydrogen-bond donors (Lipinski definition) is 1. The van der Waals surface area contributed by atoms with Gasteiger partial charge in [0, 0.05) is 11.8 Å². The minimum Gasteiger partial charge on any atom is -0.506 e. The second kappa shape index (κ2) is 5.12. The molecule has 0 aliphatic heterocycles. The molecule has 1 rings (SSSR count). The Morgan fingerprint density at radius 3 is 2.53 bits per heavy atom. The van der Waals surface area contributed by atoms with Crippen LogP contribution in [0.1, 0.15) is 26.7 Å². The van der Waals surface area contributed by atoms with Gasteiger partial charge in [-0.1, -0.05) is 25.4 Å². The fourth-order valence-corrected chi connectivity index (χ4v) is 1.34. The molecule has 0 heterocycles. The number of phenols is 1. The molecule has 82 valence electrons. The normalized spacial score (nSPS) is 10.1. The zero-order valence-electron chi connectivity index (χ0n) is 8.72. The average Bonchev–Trinajstić information content (AvgIpc) is 2.21. The van der Waals surface area contributed by atoms with Crippen molar-refractivity contribution in [2.45, 2.75) is 26.7 Å². The van der Waals surface area contributed by atoms with Gasteiger partial charge >= 0.3 is 0 Å². The second-order valence-corrected chi connectivity index (χ2v) is 3.55. The first-order chi connectivity index (χ1) is 7.08. The van der Waals surface area contributed by atoms with E-state index in [4.69, 9.17) is 11.6 Å². The first-order valence-electron chi connectivity index (χ1n) is 4.82. The zero-order chi connectivity index (χ0) is 11.4. The summed E-state index contributed by atoms with van der Waals surface area (Å²) in [5.41, 5.74) is 1.02. The minimum absolute atomic E-state index is 0.000923. The molecule has 0 radical (unpaired) electrons. The fourth-order valence-electron chi connectivity index (χ4n) is 1.19. The van der Waals surface area contributed by atoms with E-state index in [1.807, 2.05) is 13.8 Å². The van der Waals surface area contributed by atoms with Gasteiger partial charge in [0.25, 0.3) is 0 Å². The maximum absolute atomic E-state index is 13.4. The standard InChI is InChI=1S/C11H13ClFNO/c1-3-7(4-2)14-10-6-11(15)8(12)5-9(10)13/h5-6,15H,3-4H2,1-2H3. The lowest BCUT2D eigenvalue weighted by atomic mass is 10.2. The Balaban J connectivity index is 3.15. The van der Waals surface area contributed by atoms with Crippen molar-refractivity contribution in [2.24, 2.45) is 4.99 Å². The quantitative estimate of drug-likeness (QED) is 0.779. The highest BCUT2D eigenvalue weighted by atomic mass is 35.5. The Bertz CT molecular complexity index is 384. The number of aromatic hydroxyl groups is 1. The van der Waals surface area contributed by atoms with Gasteiger partial charge in [-0.25, -0.2) is 4.39 Å². The van der Waals surface area contributed by atoms with Crippen LogP contribution in [0.3, 0.4) is 0 Å². The number of benzene rings is 1. The number of aliphatic imine (C=N–C) groups is 1. The van der Waals surface area contributed by atoms with Crippen LogP contribution < -0.4 is 0 Å². The largest absolute Gasteiger partial charge is 0.506 e. The number of phenolic OH excluding ortho intramolecular Hbond substituents is 1. The summed E-state index contributed by atoms with van der Waals surface area (Å²) < 4.78 is 13.4. The molecule has 4 heteroatoms. The molecule has 0 aromatic heterocycles. The van der Waals surface area contributed by atoms with Gasteiger partial charge in [-0.3, -0.25) is 4.99 Å². The van der Waals surface area contributed by atoms with E-state index in [0.29, 0.717) is 0 Å². The molecule has 1 aromatic rings. The van der Waals surface area contributed by atoms with E-state index in [9.17, 15) is 9.50 Å². The Morgan fingerprint density at radius 1 is 1.40 bits per heavy atom. The third-order valence-corrected chi connectivity index (χ3v) is 2.41. The van der Waals surface area contributed by atoms with Crippen LogP contribution in [-0.2, 0) is 0 Å². The SMILES string of the molecule is CCC(CC)=Nc1cc(O)c(Cl)cc1F. The van der Waals surface area contributed by atoms with Gasteiger partial charge in [0.15, 0.2) is 5.82 Å². The number of nitrogens with zero attached hydrogens (tertiary/aromatic N) is 1. The number of rotatable bonds is 3. The molecule has 0 unspecified atom stereocenters. The van der Waals surface area contributed by atoms with Crippen molar-refractivity contribution < 1.29 is 9.50 Å². The number of halogens is 2. The molecule has 15 heavy (non-hydrogen) atoms. The third-order valence-electron chi connectivity index (χ3n) is 2.11. The van der Waals surface area contributed by atoms with Crippen molar-refractivity contribution in [3.8, 4) is 5.75 Å². The van der Waals surface area contributed by atoms with Crippen molar-refractivity contribution in [1.29, 1.82) is 0 Å². The van der Waals surface area contributed by atoms with E-state index in [1.54, 1.807) is 0 Å². The summed E-state index contributed by atoms with van der Waals surface area (Å²) in [6.07, 6.45) is 1.53. The lowest BCUT2D eigenvalue weighted by Gasteiger charge is -2.03. The van der Waals surface area contributed by atoms with Crippen LogP contribution in [0.2, 0.25) is 5.02 Å². The van der Waals surface area contributed by atoms with Crippen molar-refractivity contribution in [3.05, 3.63) is 23.0 Å². The van der Waals surface area contributed by atoms with Gasteiger partial charge in [-0.15, -0.1) is 0 Å². The summed E-state index contributed by atoms with van der Waals surface area (Å²) in [6, 6.07) is 2.31. The minimum atomic E-state index is -0.516. The molecule has 0 saturated carbocycles. The Labute approximate surface area is 93.4 Å². The van der Waals surface area contributed by atoms with E-state index in [2.05, 4.69) is 4.99 Å². The van der Waals surface area contributed by atoms with Crippen LogP contribution in [0.25, 0.3) is 0 Å². The Hall–Kier alpha value is -1.09. The van der Waals surface area contributed by atoms with Crippen molar-refractivity contribution >= 4 is 23.0 Å². The van der Waals surface area contributed by atoms with Gasteiger partial charge in [0.1, 0.15) is 11.4 Å². The van der Waals surface area contributed by atoms with Crippen LogP contribution >= 0.6 is 11.6 Å². The maximum atomic E-state index is 13.4. The summed E-state index contributed by atoms with van der Waals surface area (Å²) >= 11 is 5.55. The maximum Gasteiger partial charge on any atom is 0.150 e. The first kappa shape index (κ1) is 12.0. The molecule has 0 fully saturated rings. The monoisotopic (exact) mass is 229 g/mol. The fraction of sp³-hybridized carbons (Fsp3) is 0.364. The molecule has 0 aliphatic rings. The van der Waals surface area contributed by atoms with E-state index < -0.39 is 5.82 Å². The van der Waals surface area contributed by atoms with Gasteiger partial charge in [-0.05, 0) is 18.9 Å². The lowest BCUT2D eigenvalue weighted by molar-refractivity contribution is 0.474. The topological polar surface area (TPSA) is 32.6 Å². The molecule has 0 bridgehead atoms. The lowest BCUT2D eigenvalue weighted by Crippen LogP contribution is -1.92. The van der Waals surface area contributed by atoms with Gasteiger partial charge in [-0.2, -0.15) is 0 Å². The second-order valence-electron chi connectivity index (χ2n) is 3.14. The smallest absolute Gasteiger partial charge is 0.150 e. The molecular formula is C11H13ClFNO. The van der Waals surface area contributed by atoms with Crippen LogP contribution in [0.5, 0.6) is 5.75 Å². The Morgan fingerprint density at radius 2 is 2.00 bits per heavy atom. The van der Waals surface area contributed by atoms with E-state index in [0.717, 1.165) is 24.6 Å². The van der Waals surface area contributed by atoms with Crippen LogP contribution in [0.4, 0.5) is 10.1 Å². The molecule has 0 spiro atoms. The van der Waals surface area contributed by atoms with Crippen molar-refractivity contribution in [3.63, 3.8) is 0 Å². The summed E-state index contributed by atoms with van der Waals surface area (Å²) in [6.45, 7) is 3.91. The summed E-state index contributed by atoms with van der Waals surface area (Å²) in [5.74, 6) is -0.666. The molecule has 0 atom stereocenters. The molecule has 0 saturated heterocycles. The van der Waals surface area contributed by atoms with Gasteiger partial charge < -0.3 is 5.11 Å². The summed E-state index contributed by atoms with van der Waals surface area (Å²) in [5, 5.41) is 9.32. The summed E-state index contributed by atoms with van der Waals surface area (Å²) in [7, 11) is 0. The van der Waals surface area contributed by atoms with Gasteiger partial charge in [0.05, 0.1) is 5.02 Å². The molecular weight excluding hydrogens is 217 g/mol. The predicted octanol–water partition coefficient (Wildman–Crippen LogP) is 4.08. The van der Waals surface area contributed by atoms with Crippen molar-refractivity contribution in [2.75, 3.05) is 0 Å².